The van der Waals surface area contributed by atoms with Crippen molar-refractivity contribution in [1.29, 1.82) is 5.41 Å². The fourth-order valence-electron chi connectivity index (χ4n) is 1.65. The lowest BCUT2D eigenvalue weighted by atomic mass is 10.1. The van der Waals surface area contributed by atoms with E-state index in [1.165, 1.54) is 12.0 Å². The van der Waals surface area contributed by atoms with E-state index in [1.807, 2.05) is 0 Å². The summed E-state index contributed by atoms with van der Waals surface area (Å²) in [7, 11) is 3.08. The van der Waals surface area contributed by atoms with Crippen LogP contribution >= 0.6 is 0 Å². The van der Waals surface area contributed by atoms with Crippen LogP contribution in [0.2, 0.25) is 0 Å². The first-order chi connectivity index (χ1) is 9.18. The van der Waals surface area contributed by atoms with E-state index in [0.29, 0.717) is 6.61 Å². The van der Waals surface area contributed by atoms with Gasteiger partial charge in [0.1, 0.15) is 17.3 Å². The van der Waals surface area contributed by atoms with E-state index >= 15 is 0 Å². The highest BCUT2D eigenvalue weighted by molar-refractivity contribution is 5.99. The van der Waals surface area contributed by atoms with Crippen LogP contribution in [0.4, 0.5) is 19.0 Å². The van der Waals surface area contributed by atoms with Crippen LogP contribution in [0.15, 0.2) is 12.1 Å². The lowest BCUT2D eigenvalue weighted by Gasteiger charge is -2.27. The Bertz CT molecular complexity index is 490. The number of pyridine rings is 1. The summed E-state index contributed by atoms with van der Waals surface area (Å²) in [6.45, 7) is 2.08. The van der Waals surface area contributed by atoms with Crippen LogP contribution in [0.1, 0.15) is 18.2 Å². The zero-order chi connectivity index (χ0) is 15.5. The number of nitrogens with two attached hydrogens (primary N) is 1. The number of rotatable bonds is 5. The van der Waals surface area contributed by atoms with Gasteiger partial charge < -0.3 is 15.4 Å². The Morgan fingerprint density at radius 2 is 2.10 bits per heavy atom. The molecule has 1 heterocycles. The number of aromatic nitrogens is 1. The topological polar surface area (TPSA) is 75.2 Å². The lowest BCUT2D eigenvalue weighted by Crippen LogP contribution is -2.35. The summed E-state index contributed by atoms with van der Waals surface area (Å²) in [5.41, 5.74) is 4.53. The number of nitrogens with zero attached hydrogens (tertiary/aromatic N) is 2. The lowest BCUT2D eigenvalue weighted by molar-refractivity contribution is -0.141. The zero-order valence-corrected chi connectivity index (χ0v) is 11.5. The van der Waals surface area contributed by atoms with E-state index in [1.54, 1.807) is 14.0 Å². The molecule has 1 aromatic rings. The molecule has 1 rings (SSSR count). The number of halogens is 3. The van der Waals surface area contributed by atoms with E-state index in [2.05, 4.69) is 4.98 Å². The number of amidine groups is 1. The molecule has 1 aromatic heterocycles. The third-order valence-corrected chi connectivity index (χ3v) is 2.86. The number of nitrogens with one attached hydrogen (secondary N) is 1. The molecule has 0 radical (unpaired) electrons. The van der Waals surface area contributed by atoms with Gasteiger partial charge in [-0.05, 0) is 19.1 Å². The van der Waals surface area contributed by atoms with E-state index in [-0.39, 0.29) is 23.3 Å². The normalized spacial score (nSPS) is 13.1. The summed E-state index contributed by atoms with van der Waals surface area (Å²) in [5.74, 6) is -0.324. The van der Waals surface area contributed by atoms with Crippen molar-refractivity contribution in [2.45, 2.75) is 19.1 Å². The highest BCUT2D eigenvalue weighted by atomic mass is 19.4. The van der Waals surface area contributed by atoms with Crippen molar-refractivity contribution < 1.29 is 17.9 Å². The average Bonchev–Trinajstić information content (AvgIpc) is 2.36. The highest BCUT2D eigenvalue weighted by Gasteiger charge is 2.34. The maximum Gasteiger partial charge on any atom is 0.433 e. The predicted octanol–water partition coefficient (Wildman–Crippen LogP) is 1.86. The second kappa shape index (κ2) is 6.08. The predicted molar refractivity (Wildman–Crippen MR) is 70.0 cm³/mol. The molecule has 0 aliphatic carbocycles. The molecule has 1 unspecified atom stereocenters. The van der Waals surface area contributed by atoms with Gasteiger partial charge in [0.05, 0.1) is 18.2 Å². The molecule has 0 aliphatic heterocycles. The summed E-state index contributed by atoms with van der Waals surface area (Å²) < 4.78 is 43.1. The van der Waals surface area contributed by atoms with Crippen LogP contribution in [-0.4, -0.2) is 37.6 Å². The van der Waals surface area contributed by atoms with Crippen LogP contribution in [-0.2, 0) is 10.9 Å². The van der Waals surface area contributed by atoms with Gasteiger partial charge in [0.2, 0.25) is 0 Å². The van der Waals surface area contributed by atoms with Crippen LogP contribution in [0.25, 0.3) is 0 Å². The summed E-state index contributed by atoms with van der Waals surface area (Å²) in [4.78, 5) is 5.10. The molecule has 1 atom stereocenters. The molecule has 5 nitrogen and oxygen atoms in total. The number of likely N-dealkylation sites (N-methyl/N-ethyl adjacent to an activating group) is 1. The molecule has 20 heavy (non-hydrogen) atoms. The Labute approximate surface area is 115 Å². The zero-order valence-electron chi connectivity index (χ0n) is 11.5. The van der Waals surface area contributed by atoms with Crippen molar-refractivity contribution in [1.82, 2.24) is 4.98 Å². The van der Waals surface area contributed by atoms with Gasteiger partial charge in [0, 0.05) is 14.2 Å². The molecule has 0 bridgehead atoms. The first kappa shape index (κ1) is 16.2. The van der Waals surface area contributed by atoms with Gasteiger partial charge in [-0.15, -0.1) is 0 Å². The molecule has 3 N–H and O–H groups in total. The van der Waals surface area contributed by atoms with E-state index in [9.17, 15) is 13.2 Å². The van der Waals surface area contributed by atoms with Crippen LogP contribution in [0.3, 0.4) is 0 Å². The van der Waals surface area contributed by atoms with Crippen molar-refractivity contribution in [3.63, 3.8) is 0 Å². The Kier molecular flexibility index (Phi) is 4.93. The Morgan fingerprint density at radius 3 is 2.55 bits per heavy atom. The second-order valence-corrected chi connectivity index (χ2v) is 4.39. The average molecular weight is 290 g/mol. The van der Waals surface area contributed by atoms with Gasteiger partial charge in [-0.25, -0.2) is 4.98 Å². The van der Waals surface area contributed by atoms with Gasteiger partial charge in [0.15, 0.2) is 0 Å². The summed E-state index contributed by atoms with van der Waals surface area (Å²) in [5, 5.41) is 7.44. The number of hydrogen-bond acceptors (Lipinski definition) is 4. The van der Waals surface area contributed by atoms with Crippen molar-refractivity contribution >= 4 is 11.7 Å². The standard InChI is InChI=1S/C12H17F3N4O/c1-7(6-20-3)19(2)11-8(10(16)17)4-5-9(18-11)12(13,14)15/h4-5,7H,6H2,1-3H3,(H3,16,17). The van der Waals surface area contributed by atoms with Gasteiger partial charge in [0.25, 0.3) is 0 Å². The molecule has 8 heteroatoms. The molecular weight excluding hydrogens is 273 g/mol. The van der Waals surface area contributed by atoms with E-state index in [4.69, 9.17) is 15.9 Å². The minimum atomic E-state index is -4.55. The van der Waals surface area contributed by atoms with E-state index < -0.39 is 11.9 Å². The summed E-state index contributed by atoms with van der Waals surface area (Å²) >= 11 is 0. The van der Waals surface area contributed by atoms with Crippen LogP contribution in [0.5, 0.6) is 0 Å². The monoisotopic (exact) mass is 290 g/mol. The van der Waals surface area contributed by atoms with Gasteiger partial charge in [-0.2, -0.15) is 13.2 Å². The molecule has 0 spiro atoms. The molecule has 0 aromatic carbocycles. The van der Waals surface area contributed by atoms with Gasteiger partial charge in [-0.1, -0.05) is 0 Å². The molecule has 0 aliphatic rings. The van der Waals surface area contributed by atoms with Crippen LogP contribution in [0, 0.1) is 5.41 Å². The largest absolute Gasteiger partial charge is 0.433 e. The minimum Gasteiger partial charge on any atom is -0.384 e. The first-order valence-electron chi connectivity index (χ1n) is 5.83. The van der Waals surface area contributed by atoms with E-state index in [0.717, 1.165) is 12.1 Å². The van der Waals surface area contributed by atoms with Crippen molar-refractivity contribution in [2.24, 2.45) is 5.73 Å². The highest BCUT2D eigenvalue weighted by Crippen LogP contribution is 2.30. The Hall–Kier alpha value is -1.83. The number of hydrogen-bond donors (Lipinski definition) is 2. The first-order valence-corrected chi connectivity index (χ1v) is 5.83. The minimum absolute atomic E-state index is 0.0110. The van der Waals surface area contributed by atoms with Gasteiger partial charge in [-0.3, -0.25) is 5.41 Å². The maximum atomic E-state index is 12.7. The fraction of sp³-hybridized carbons (Fsp3) is 0.500. The number of anilines is 1. The Balaban J connectivity index is 3.28. The SMILES string of the molecule is COCC(C)N(C)c1nc(C(F)(F)F)ccc1C(=N)N. The second-order valence-electron chi connectivity index (χ2n) is 4.39. The fourth-order valence-corrected chi connectivity index (χ4v) is 1.65. The maximum absolute atomic E-state index is 12.7. The number of nitrogen functional groups attached to an aromatic ring is 1. The van der Waals surface area contributed by atoms with Gasteiger partial charge >= 0.3 is 6.18 Å². The summed E-state index contributed by atoms with van der Waals surface area (Å²) in [6, 6.07) is 1.76. The smallest absolute Gasteiger partial charge is 0.384 e. The van der Waals surface area contributed by atoms with Crippen molar-refractivity contribution in [2.75, 3.05) is 25.7 Å². The Morgan fingerprint density at radius 1 is 1.50 bits per heavy atom. The molecule has 0 saturated carbocycles. The molecular formula is C12H17F3N4O. The number of ether oxygens (including phenoxy) is 1. The third-order valence-electron chi connectivity index (χ3n) is 2.86. The molecule has 0 amide bonds. The quantitative estimate of drug-likeness (QED) is 0.641. The number of methoxy groups -OCH3 is 1. The molecule has 112 valence electrons. The van der Waals surface area contributed by atoms with Crippen molar-refractivity contribution in [3.8, 4) is 0 Å². The molecule has 0 saturated heterocycles. The van der Waals surface area contributed by atoms with Crippen molar-refractivity contribution in [3.05, 3.63) is 23.4 Å². The third kappa shape index (κ3) is 3.60. The van der Waals surface area contributed by atoms with Crippen LogP contribution < -0.4 is 10.6 Å². The number of alkyl halides is 3. The molecule has 0 fully saturated rings. The summed E-state index contributed by atoms with van der Waals surface area (Å²) in [6.07, 6.45) is -4.55.